The van der Waals surface area contributed by atoms with E-state index in [0.717, 1.165) is 4.47 Å². The van der Waals surface area contributed by atoms with Crippen LogP contribution in [0.5, 0.6) is 0 Å². The molecule has 1 amide bonds. The minimum absolute atomic E-state index is 0.166. The summed E-state index contributed by atoms with van der Waals surface area (Å²) >= 11 is 9.15. The zero-order valence-electron chi connectivity index (χ0n) is 12.5. The van der Waals surface area contributed by atoms with Crippen molar-refractivity contribution in [3.63, 3.8) is 0 Å². The number of hydrogen-bond donors (Lipinski definition) is 1. The molecule has 3 aromatic rings. The summed E-state index contributed by atoms with van der Waals surface area (Å²) in [6.07, 6.45) is 1.64. The van der Waals surface area contributed by atoms with Gasteiger partial charge in [-0.2, -0.15) is 0 Å². The molecule has 0 aliphatic rings. The molecular weight excluding hydrogens is 394 g/mol. The zero-order valence-corrected chi connectivity index (χ0v) is 14.8. The third kappa shape index (κ3) is 3.83. The number of fused-ring (bicyclic) bond motifs is 1. The number of benzene rings is 2. The highest BCUT2D eigenvalue weighted by Gasteiger charge is 2.07. The van der Waals surface area contributed by atoms with Gasteiger partial charge in [0.25, 0.3) is 5.56 Å². The molecule has 0 bridgehead atoms. The number of amides is 1. The summed E-state index contributed by atoms with van der Waals surface area (Å²) < 4.78 is 2.25. The van der Waals surface area contributed by atoms with Gasteiger partial charge in [-0.25, -0.2) is 4.98 Å². The number of aryl methyl sites for hydroxylation is 1. The fourth-order valence-corrected chi connectivity index (χ4v) is 2.76. The van der Waals surface area contributed by atoms with Gasteiger partial charge in [0.05, 0.1) is 17.2 Å². The van der Waals surface area contributed by atoms with E-state index < -0.39 is 0 Å². The van der Waals surface area contributed by atoms with Crippen molar-refractivity contribution >= 4 is 50.0 Å². The maximum absolute atomic E-state index is 12.4. The topological polar surface area (TPSA) is 64.0 Å². The van der Waals surface area contributed by atoms with E-state index in [1.807, 2.05) is 6.07 Å². The van der Waals surface area contributed by atoms with Crippen molar-refractivity contribution in [1.29, 1.82) is 0 Å². The average molecular weight is 407 g/mol. The van der Waals surface area contributed by atoms with E-state index in [1.165, 1.54) is 10.9 Å². The molecule has 24 heavy (non-hydrogen) atoms. The summed E-state index contributed by atoms with van der Waals surface area (Å²) in [6.45, 7) is 0.258. The molecule has 0 aliphatic carbocycles. The number of carbonyl (C=O) groups excluding carboxylic acids is 1. The molecule has 0 unspecified atom stereocenters. The van der Waals surface area contributed by atoms with Crippen molar-refractivity contribution in [2.45, 2.75) is 13.0 Å². The summed E-state index contributed by atoms with van der Waals surface area (Å²) in [6, 6.07) is 12.2. The monoisotopic (exact) mass is 405 g/mol. The normalized spacial score (nSPS) is 10.8. The number of anilines is 1. The van der Waals surface area contributed by atoms with Crippen LogP contribution in [0.15, 0.2) is 58.1 Å². The van der Waals surface area contributed by atoms with Crippen molar-refractivity contribution in [2.75, 3.05) is 5.32 Å². The number of rotatable bonds is 4. The van der Waals surface area contributed by atoms with Crippen LogP contribution in [-0.2, 0) is 11.3 Å². The molecule has 7 heteroatoms. The van der Waals surface area contributed by atoms with Crippen LogP contribution in [0.2, 0.25) is 5.02 Å². The van der Waals surface area contributed by atoms with Gasteiger partial charge in [0.15, 0.2) is 0 Å². The van der Waals surface area contributed by atoms with Crippen molar-refractivity contribution in [2.24, 2.45) is 0 Å². The highest BCUT2D eigenvalue weighted by molar-refractivity contribution is 9.10. The molecule has 0 atom stereocenters. The highest BCUT2D eigenvalue weighted by Crippen LogP contribution is 2.15. The van der Waals surface area contributed by atoms with Gasteiger partial charge in [0, 0.05) is 28.1 Å². The van der Waals surface area contributed by atoms with Crippen LogP contribution >= 0.6 is 27.5 Å². The van der Waals surface area contributed by atoms with Crippen LogP contribution in [0.4, 0.5) is 5.69 Å². The Balaban J connectivity index is 1.71. The maximum atomic E-state index is 12.4. The number of aromatic nitrogens is 2. The SMILES string of the molecule is O=C(CCn1cnc2ccc(Br)cc2c1=O)Nc1ccc(Cl)cc1. The first-order chi connectivity index (χ1) is 11.5. The molecule has 0 fully saturated rings. The van der Waals surface area contributed by atoms with Gasteiger partial charge < -0.3 is 5.32 Å². The molecule has 1 N–H and O–H groups in total. The second kappa shape index (κ2) is 7.15. The van der Waals surface area contributed by atoms with E-state index in [9.17, 15) is 9.59 Å². The lowest BCUT2D eigenvalue weighted by atomic mass is 10.2. The molecule has 3 rings (SSSR count). The van der Waals surface area contributed by atoms with Crippen LogP contribution in [0, 0.1) is 0 Å². The lowest BCUT2D eigenvalue weighted by Crippen LogP contribution is -2.23. The fraction of sp³-hybridized carbons (Fsp3) is 0.118. The highest BCUT2D eigenvalue weighted by atomic mass is 79.9. The summed E-state index contributed by atoms with van der Waals surface area (Å²) in [7, 11) is 0. The Morgan fingerprint density at radius 2 is 1.96 bits per heavy atom. The fourth-order valence-electron chi connectivity index (χ4n) is 2.27. The van der Waals surface area contributed by atoms with E-state index in [2.05, 4.69) is 26.2 Å². The second-order valence-corrected chi connectivity index (χ2v) is 6.56. The molecule has 122 valence electrons. The lowest BCUT2D eigenvalue weighted by Gasteiger charge is -2.08. The standard InChI is InChI=1S/C17H13BrClN3O2/c18-11-1-6-15-14(9-11)17(24)22(10-20-15)8-7-16(23)21-13-4-2-12(19)3-5-13/h1-6,9-10H,7-8H2,(H,21,23). The molecule has 1 aromatic heterocycles. The Hall–Kier alpha value is -2.18. The molecule has 0 saturated heterocycles. The first-order valence-electron chi connectivity index (χ1n) is 7.23. The van der Waals surface area contributed by atoms with Crippen LogP contribution < -0.4 is 10.9 Å². The number of halogens is 2. The summed E-state index contributed by atoms with van der Waals surface area (Å²) in [4.78, 5) is 28.7. The average Bonchev–Trinajstić information content (AvgIpc) is 2.57. The van der Waals surface area contributed by atoms with E-state index in [0.29, 0.717) is 21.6 Å². The summed E-state index contributed by atoms with van der Waals surface area (Å²) in [5, 5.41) is 3.89. The maximum Gasteiger partial charge on any atom is 0.261 e. The van der Waals surface area contributed by atoms with Gasteiger partial charge in [0.2, 0.25) is 5.91 Å². The predicted octanol–water partition coefficient (Wildman–Crippen LogP) is 3.84. The minimum atomic E-state index is -0.182. The number of carbonyl (C=O) groups is 1. The van der Waals surface area contributed by atoms with Crippen molar-refractivity contribution in [1.82, 2.24) is 9.55 Å². The Morgan fingerprint density at radius 3 is 2.71 bits per heavy atom. The Labute approximate surface area is 151 Å². The zero-order chi connectivity index (χ0) is 17.1. The van der Waals surface area contributed by atoms with Crippen molar-refractivity contribution in [3.8, 4) is 0 Å². The molecule has 0 aliphatic heterocycles. The third-order valence-corrected chi connectivity index (χ3v) is 4.24. The van der Waals surface area contributed by atoms with Gasteiger partial charge in [-0.1, -0.05) is 27.5 Å². The summed E-state index contributed by atoms with van der Waals surface area (Å²) in [5.74, 6) is -0.182. The van der Waals surface area contributed by atoms with Crippen LogP contribution in [0.3, 0.4) is 0 Å². The van der Waals surface area contributed by atoms with Crippen molar-refractivity contribution in [3.05, 3.63) is 68.6 Å². The van der Waals surface area contributed by atoms with E-state index in [4.69, 9.17) is 11.6 Å². The Bertz CT molecular complexity index is 954. The largest absolute Gasteiger partial charge is 0.326 e. The van der Waals surface area contributed by atoms with Crippen molar-refractivity contribution < 1.29 is 4.79 Å². The van der Waals surface area contributed by atoms with E-state index >= 15 is 0 Å². The van der Waals surface area contributed by atoms with Crippen LogP contribution in [-0.4, -0.2) is 15.5 Å². The molecule has 0 saturated carbocycles. The molecule has 5 nitrogen and oxygen atoms in total. The van der Waals surface area contributed by atoms with E-state index in [1.54, 1.807) is 36.4 Å². The predicted molar refractivity (Wildman–Crippen MR) is 98.4 cm³/mol. The molecule has 0 spiro atoms. The molecule has 0 radical (unpaired) electrons. The lowest BCUT2D eigenvalue weighted by molar-refractivity contribution is -0.116. The quantitative estimate of drug-likeness (QED) is 0.716. The minimum Gasteiger partial charge on any atom is -0.326 e. The first kappa shape index (κ1) is 16.7. The van der Waals surface area contributed by atoms with Gasteiger partial charge in [-0.15, -0.1) is 0 Å². The van der Waals surface area contributed by atoms with Gasteiger partial charge in [-0.3, -0.25) is 14.2 Å². The summed E-state index contributed by atoms with van der Waals surface area (Å²) in [5.41, 5.74) is 1.13. The second-order valence-electron chi connectivity index (χ2n) is 5.21. The number of hydrogen-bond acceptors (Lipinski definition) is 3. The van der Waals surface area contributed by atoms with Gasteiger partial charge in [-0.05, 0) is 42.5 Å². The number of nitrogens with one attached hydrogen (secondary N) is 1. The van der Waals surface area contributed by atoms with Gasteiger partial charge >= 0.3 is 0 Å². The van der Waals surface area contributed by atoms with E-state index in [-0.39, 0.29) is 24.4 Å². The molecular formula is C17H13BrClN3O2. The Morgan fingerprint density at radius 1 is 1.21 bits per heavy atom. The molecule has 1 heterocycles. The molecule has 2 aromatic carbocycles. The number of nitrogens with zero attached hydrogens (tertiary/aromatic N) is 2. The third-order valence-electron chi connectivity index (χ3n) is 3.49. The van der Waals surface area contributed by atoms with Gasteiger partial charge in [0.1, 0.15) is 0 Å². The Kier molecular flexibility index (Phi) is 4.97. The van der Waals surface area contributed by atoms with Crippen LogP contribution in [0.1, 0.15) is 6.42 Å². The smallest absolute Gasteiger partial charge is 0.261 e. The first-order valence-corrected chi connectivity index (χ1v) is 8.40. The van der Waals surface area contributed by atoms with Crippen LogP contribution in [0.25, 0.3) is 10.9 Å².